The fourth-order valence-electron chi connectivity index (χ4n) is 3.54. The molecule has 1 N–H and O–H groups in total. The van der Waals surface area contributed by atoms with Gasteiger partial charge in [0.2, 0.25) is 0 Å². The van der Waals surface area contributed by atoms with E-state index in [4.69, 9.17) is 4.74 Å². The van der Waals surface area contributed by atoms with Gasteiger partial charge in [-0.15, -0.1) is 0 Å². The van der Waals surface area contributed by atoms with Crippen molar-refractivity contribution < 1.29 is 9.53 Å². The van der Waals surface area contributed by atoms with E-state index in [-0.39, 0.29) is 12.1 Å². The standard InChI is InChI=1S/C22H28N2O2/c1-2-26-22(25)24-15-13-20(14-16-24)23-21(19-11-7-4-8-12-19)17-18-9-5-3-6-10-18/h3-12,20-21,23H,2,13-17H2,1H3/t21-/m1/s1. The number of hydrogen-bond donors (Lipinski definition) is 1. The van der Waals surface area contributed by atoms with Gasteiger partial charge in [0.1, 0.15) is 0 Å². The van der Waals surface area contributed by atoms with Crippen LogP contribution in [0, 0.1) is 0 Å². The van der Waals surface area contributed by atoms with Crippen LogP contribution >= 0.6 is 0 Å². The Morgan fingerprint density at radius 2 is 1.69 bits per heavy atom. The van der Waals surface area contributed by atoms with Crippen LogP contribution in [0.3, 0.4) is 0 Å². The minimum atomic E-state index is -0.185. The van der Waals surface area contributed by atoms with Gasteiger partial charge >= 0.3 is 6.09 Å². The highest BCUT2D eigenvalue weighted by Crippen LogP contribution is 2.22. The van der Waals surface area contributed by atoms with Crippen LogP contribution in [0.5, 0.6) is 0 Å². The minimum Gasteiger partial charge on any atom is -0.450 e. The van der Waals surface area contributed by atoms with Crippen molar-refractivity contribution >= 4 is 6.09 Å². The molecule has 1 aliphatic heterocycles. The van der Waals surface area contributed by atoms with E-state index in [1.54, 1.807) is 0 Å². The highest BCUT2D eigenvalue weighted by Gasteiger charge is 2.25. The van der Waals surface area contributed by atoms with Gasteiger partial charge in [0, 0.05) is 25.2 Å². The number of nitrogens with one attached hydrogen (secondary N) is 1. The van der Waals surface area contributed by atoms with E-state index < -0.39 is 0 Å². The van der Waals surface area contributed by atoms with E-state index in [2.05, 4.69) is 66.0 Å². The van der Waals surface area contributed by atoms with Gasteiger partial charge in [-0.1, -0.05) is 60.7 Å². The number of nitrogens with zero attached hydrogens (tertiary/aromatic N) is 1. The molecular weight excluding hydrogens is 324 g/mol. The first-order valence-corrected chi connectivity index (χ1v) is 9.53. The van der Waals surface area contributed by atoms with Crippen LogP contribution in [0.2, 0.25) is 0 Å². The normalized spacial score (nSPS) is 16.3. The summed E-state index contributed by atoms with van der Waals surface area (Å²) >= 11 is 0. The number of carbonyl (C=O) groups excluding carboxylic acids is 1. The second-order valence-electron chi connectivity index (χ2n) is 6.78. The van der Waals surface area contributed by atoms with Crippen LogP contribution in [-0.2, 0) is 11.2 Å². The lowest BCUT2D eigenvalue weighted by Gasteiger charge is -2.34. The van der Waals surface area contributed by atoms with Crippen molar-refractivity contribution in [1.82, 2.24) is 10.2 Å². The van der Waals surface area contributed by atoms with E-state index in [0.717, 1.165) is 32.4 Å². The molecule has 2 aromatic carbocycles. The molecule has 26 heavy (non-hydrogen) atoms. The monoisotopic (exact) mass is 352 g/mol. The highest BCUT2D eigenvalue weighted by atomic mass is 16.6. The fraction of sp³-hybridized carbons (Fsp3) is 0.409. The number of likely N-dealkylation sites (tertiary alicyclic amines) is 1. The molecular formula is C22H28N2O2. The molecule has 2 aromatic rings. The van der Waals surface area contributed by atoms with Crippen molar-refractivity contribution in [3.05, 3.63) is 71.8 Å². The van der Waals surface area contributed by atoms with Gasteiger partial charge in [-0.3, -0.25) is 0 Å². The van der Waals surface area contributed by atoms with Crippen LogP contribution < -0.4 is 5.32 Å². The van der Waals surface area contributed by atoms with Gasteiger partial charge in [-0.25, -0.2) is 4.79 Å². The molecule has 1 saturated heterocycles. The van der Waals surface area contributed by atoms with Crippen LogP contribution in [-0.4, -0.2) is 36.7 Å². The molecule has 0 radical (unpaired) electrons. The Hall–Kier alpha value is -2.33. The molecule has 0 bridgehead atoms. The Kier molecular flexibility index (Phi) is 6.67. The lowest BCUT2D eigenvalue weighted by atomic mass is 9.96. The second-order valence-corrected chi connectivity index (χ2v) is 6.78. The lowest BCUT2D eigenvalue weighted by Crippen LogP contribution is -2.46. The van der Waals surface area contributed by atoms with Crippen LogP contribution in [0.1, 0.15) is 36.9 Å². The molecule has 1 fully saturated rings. The van der Waals surface area contributed by atoms with Crippen LogP contribution in [0.15, 0.2) is 60.7 Å². The number of ether oxygens (including phenoxy) is 1. The SMILES string of the molecule is CCOC(=O)N1CCC(N[C@H](Cc2ccccc2)c2ccccc2)CC1. The second kappa shape index (κ2) is 9.39. The molecule has 0 unspecified atom stereocenters. The summed E-state index contributed by atoms with van der Waals surface area (Å²) in [6.45, 7) is 3.79. The molecule has 0 saturated carbocycles. The van der Waals surface area contributed by atoms with Gasteiger partial charge in [0.25, 0.3) is 0 Å². The Labute approximate surface area is 156 Å². The van der Waals surface area contributed by atoms with Gasteiger partial charge in [0.05, 0.1) is 6.61 Å². The summed E-state index contributed by atoms with van der Waals surface area (Å²) < 4.78 is 5.11. The Morgan fingerprint density at radius 1 is 1.08 bits per heavy atom. The third-order valence-corrected chi connectivity index (χ3v) is 4.94. The largest absolute Gasteiger partial charge is 0.450 e. The summed E-state index contributed by atoms with van der Waals surface area (Å²) in [5.41, 5.74) is 2.64. The van der Waals surface area contributed by atoms with Crippen LogP contribution in [0.4, 0.5) is 4.79 Å². The summed E-state index contributed by atoms with van der Waals surface area (Å²) in [5.74, 6) is 0. The Balaban J connectivity index is 1.62. The average Bonchev–Trinajstić information content (AvgIpc) is 2.70. The van der Waals surface area contributed by atoms with Gasteiger partial charge in [-0.2, -0.15) is 0 Å². The third kappa shape index (κ3) is 5.09. The predicted molar refractivity (Wildman–Crippen MR) is 104 cm³/mol. The smallest absolute Gasteiger partial charge is 0.409 e. The lowest BCUT2D eigenvalue weighted by molar-refractivity contribution is 0.0941. The maximum absolute atomic E-state index is 11.9. The van der Waals surface area contributed by atoms with Crippen molar-refractivity contribution in [3.8, 4) is 0 Å². The van der Waals surface area contributed by atoms with Crippen molar-refractivity contribution in [2.45, 2.75) is 38.3 Å². The summed E-state index contributed by atoms with van der Waals surface area (Å²) in [4.78, 5) is 13.7. The third-order valence-electron chi connectivity index (χ3n) is 4.94. The Morgan fingerprint density at radius 3 is 2.31 bits per heavy atom. The summed E-state index contributed by atoms with van der Waals surface area (Å²) in [7, 11) is 0. The van der Waals surface area contributed by atoms with Gasteiger partial charge < -0.3 is 15.0 Å². The first-order chi connectivity index (χ1) is 12.8. The molecule has 4 heteroatoms. The molecule has 1 atom stereocenters. The highest BCUT2D eigenvalue weighted by molar-refractivity contribution is 5.67. The number of amides is 1. The first-order valence-electron chi connectivity index (χ1n) is 9.53. The number of rotatable bonds is 6. The maximum atomic E-state index is 11.9. The number of piperidine rings is 1. The van der Waals surface area contributed by atoms with E-state index >= 15 is 0 Å². The average molecular weight is 352 g/mol. The predicted octanol–water partition coefficient (Wildman–Crippen LogP) is 4.18. The van der Waals surface area contributed by atoms with Gasteiger partial charge in [-0.05, 0) is 37.3 Å². The van der Waals surface area contributed by atoms with E-state index in [0.29, 0.717) is 12.6 Å². The van der Waals surface area contributed by atoms with Gasteiger partial charge in [0.15, 0.2) is 0 Å². The number of carbonyl (C=O) groups is 1. The zero-order valence-corrected chi connectivity index (χ0v) is 15.4. The zero-order chi connectivity index (χ0) is 18.2. The van der Waals surface area contributed by atoms with E-state index in [1.807, 2.05) is 11.8 Å². The van der Waals surface area contributed by atoms with Crippen LogP contribution in [0.25, 0.3) is 0 Å². The zero-order valence-electron chi connectivity index (χ0n) is 15.4. The van der Waals surface area contributed by atoms with Crippen molar-refractivity contribution in [2.75, 3.05) is 19.7 Å². The molecule has 0 aliphatic carbocycles. The molecule has 4 nitrogen and oxygen atoms in total. The van der Waals surface area contributed by atoms with Crippen molar-refractivity contribution in [1.29, 1.82) is 0 Å². The summed E-state index contributed by atoms with van der Waals surface area (Å²) in [6.07, 6.45) is 2.69. The fourth-order valence-corrected chi connectivity index (χ4v) is 3.54. The molecule has 0 aromatic heterocycles. The molecule has 138 valence electrons. The quantitative estimate of drug-likeness (QED) is 0.848. The first kappa shape index (κ1) is 18.5. The molecule has 0 spiro atoms. The van der Waals surface area contributed by atoms with Crippen molar-refractivity contribution in [2.24, 2.45) is 0 Å². The number of benzene rings is 2. The molecule has 1 heterocycles. The Bertz CT molecular complexity index is 667. The summed E-state index contributed by atoms with van der Waals surface area (Å²) in [6, 6.07) is 21.9. The molecule has 3 rings (SSSR count). The number of hydrogen-bond acceptors (Lipinski definition) is 3. The molecule has 1 amide bonds. The molecule has 1 aliphatic rings. The van der Waals surface area contributed by atoms with E-state index in [9.17, 15) is 4.79 Å². The summed E-state index contributed by atoms with van der Waals surface area (Å²) in [5, 5.41) is 3.83. The van der Waals surface area contributed by atoms with Crippen molar-refractivity contribution in [3.63, 3.8) is 0 Å². The minimum absolute atomic E-state index is 0.185. The van der Waals surface area contributed by atoms with E-state index in [1.165, 1.54) is 11.1 Å². The maximum Gasteiger partial charge on any atom is 0.409 e. The topological polar surface area (TPSA) is 41.6 Å².